The number of rotatable bonds is 6. The van der Waals surface area contributed by atoms with Crippen molar-refractivity contribution in [2.45, 2.75) is 39.0 Å². The van der Waals surface area contributed by atoms with Gasteiger partial charge in [-0.05, 0) is 44.2 Å². The largest absolute Gasteiger partial charge is 0.396 e. The molecule has 0 aromatic carbocycles. The molecule has 0 saturated heterocycles. The number of hydrogen-bond donors (Lipinski definition) is 2. The third kappa shape index (κ3) is 3.65. The van der Waals surface area contributed by atoms with Crippen LogP contribution in [0, 0.1) is 11.8 Å². The van der Waals surface area contributed by atoms with Gasteiger partial charge >= 0.3 is 0 Å². The molecule has 13 heavy (non-hydrogen) atoms. The zero-order valence-corrected chi connectivity index (χ0v) is 8.76. The third-order valence-electron chi connectivity index (χ3n) is 3.16. The van der Waals surface area contributed by atoms with Crippen LogP contribution in [0.4, 0.5) is 0 Å². The van der Waals surface area contributed by atoms with Crippen LogP contribution in [0.25, 0.3) is 0 Å². The second-order valence-corrected chi connectivity index (χ2v) is 4.19. The van der Waals surface area contributed by atoms with Gasteiger partial charge in [-0.15, -0.1) is 0 Å². The minimum absolute atomic E-state index is 0.389. The van der Waals surface area contributed by atoms with Gasteiger partial charge in [-0.2, -0.15) is 0 Å². The molecule has 0 aliphatic heterocycles. The van der Waals surface area contributed by atoms with E-state index in [0.29, 0.717) is 12.5 Å². The second kappa shape index (κ2) is 6.39. The van der Waals surface area contributed by atoms with Crippen LogP contribution in [0.5, 0.6) is 0 Å². The highest BCUT2D eigenvalue weighted by Crippen LogP contribution is 2.30. The molecule has 2 nitrogen and oxygen atoms in total. The maximum Gasteiger partial charge on any atom is 0.0462 e. The Kier molecular flexibility index (Phi) is 5.40. The summed E-state index contributed by atoms with van der Waals surface area (Å²) in [7, 11) is 0. The lowest BCUT2D eigenvalue weighted by molar-refractivity contribution is 0.192. The van der Waals surface area contributed by atoms with E-state index in [-0.39, 0.29) is 0 Å². The summed E-state index contributed by atoms with van der Waals surface area (Å²) < 4.78 is 0. The normalized spacial score (nSPS) is 28.2. The van der Waals surface area contributed by atoms with Crippen molar-refractivity contribution in [3.05, 3.63) is 0 Å². The minimum atomic E-state index is 0.389. The predicted octanol–water partition coefficient (Wildman–Crippen LogP) is 1.78. The van der Waals surface area contributed by atoms with E-state index in [0.717, 1.165) is 19.0 Å². The maximum absolute atomic E-state index is 9.11. The van der Waals surface area contributed by atoms with Crippen molar-refractivity contribution in [3.8, 4) is 0 Å². The molecule has 0 bridgehead atoms. The van der Waals surface area contributed by atoms with Crippen molar-refractivity contribution >= 4 is 0 Å². The molecule has 1 fully saturated rings. The Morgan fingerprint density at radius 1 is 1.31 bits per heavy atom. The number of aliphatic hydroxyl groups is 1. The second-order valence-electron chi connectivity index (χ2n) is 4.19. The average molecular weight is 185 g/mol. The van der Waals surface area contributed by atoms with Gasteiger partial charge in [0.25, 0.3) is 0 Å². The molecular formula is C11H23NO. The number of nitrogens with one attached hydrogen (secondary N) is 1. The van der Waals surface area contributed by atoms with Crippen LogP contribution in [-0.4, -0.2) is 24.8 Å². The summed E-state index contributed by atoms with van der Waals surface area (Å²) in [6, 6.07) is 0. The Morgan fingerprint density at radius 3 is 2.77 bits per heavy atom. The maximum atomic E-state index is 9.11. The Hall–Kier alpha value is -0.0800. The van der Waals surface area contributed by atoms with Crippen molar-refractivity contribution in [2.24, 2.45) is 11.8 Å². The fourth-order valence-corrected chi connectivity index (χ4v) is 2.21. The molecule has 1 aliphatic carbocycles. The van der Waals surface area contributed by atoms with Crippen LogP contribution >= 0.6 is 0 Å². The first-order chi connectivity index (χ1) is 6.38. The summed E-state index contributed by atoms with van der Waals surface area (Å²) in [5, 5.41) is 12.6. The third-order valence-corrected chi connectivity index (χ3v) is 3.16. The quantitative estimate of drug-likeness (QED) is 0.618. The summed E-state index contributed by atoms with van der Waals surface area (Å²) in [5.74, 6) is 1.32. The van der Waals surface area contributed by atoms with Gasteiger partial charge in [0.2, 0.25) is 0 Å². The first-order valence-electron chi connectivity index (χ1n) is 5.70. The molecule has 2 unspecified atom stereocenters. The predicted molar refractivity (Wildman–Crippen MR) is 55.7 cm³/mol. The fourth-order valence-electron chi connectivity index (χ4n) is 2.21. The lowest BCUT2D eigenvalue weighted by atomic mass is 9.97. The van der Waals surface area contributed by atoms with E-state index in [9.17, 15) is 0 Å². The van der Waals surface area contributed by atoms with E-state index in [4.69, 9.17) is 5.11 Å². The Balaban J connectivity index is 2.06. The van der Waals surface area contributed by atoms with Crippen molar-refractivity contribution in [1.29, 1.82) is 0 Å². The fraction of sp³-hybridized carbons (Fsp3) is 1.00. The minimum Gasteiger partial charge on any atom is -0.396 e. The van der Waals surface area contributed by atoms with Crippen molar-refractivity contribution in [1.82, 2.24) is 5.32 Å². The Labute approximate surface area is 81.7 Å². The van der Waals surface area contributed by atoms with Gasteiger partial charge in [0.15, 0.2) is 0 Å². The van der Waals surface area contributed by atoms with E-state index in [1.807, 2.05) is 0 Å². The van der Waals surface area contributed by atoms with Gasteiger partial charge in [0.1, 0.15) is 0 Å². The molecule has 1 aliphatic rings. The molecular weight excluding hydrogens is 162 g/mol. The monoisotopic (exact) mass is 185 g/mol. The van der Waals surface area contributed by atoms with Gasteiger partial charge in [-0.3, -0.25) is 0 Å². The molecule has 2 N–H and O–H groups in total. The van der Waals surface area contributed by atoms with Gasteiger partial charge < -0.3 is 10.4 Å². The zero-order chi connectivity index (χ0) is 9.52. The summed E-state index contributed by atoms with van der Waals surface area (Å²) in [4.78, 5) is 0. The van der Waals surface area contributed by atoms with Crippen molar-refractivity contribution in [3.63, 3.8) is 0 Å². The SMILES string of the molecule is CCCCNCC1CCCC1CO. The van der Waals surface area contributed by atoms with Crippen LogP contribution in [-0.2, 0) is 0 Å². The molecule has 0 aromatic rings. The molecule has 0 aromatic heterocycles. The highest BCUT2D eigenvalue weighted by atomic mass is 16.3. The van der Waals surface area contributed by atoms with E-state index in [1.165, 1.54) is 32.1 Å². The van der Waals surface area contributed by atoms with Gasteiger partial charge in [-0.25, -0.2) is 0 Å². The lowest BCUT2D eigenvalue weighted by Crippen LogP contribution is -2.27. The van der Waals surface area contributed by atoms with Crippen molar-refractivity contribution in [2.75, 3.05) is 19.7 Å². The molecule has 2 heteroatoms. The van der Waals surface area contributed by atoms with E-state index < -0.39 is 0 Å². The highest BCUT2D eigenvalue weighted by Gasteiger charge is 2.25. The molecule has 0 heterocycles. The first kappa shape index (κ1) is 11.0. The van der Waals surface area contributed by atoms with Crippen LogP contribution in [0.3, 0.4) is 0 Å². The molecule has 0 radical (unpaired) electrons. The molecule has 2 atom stereocenters. The summed E-state index contributed by atoms with van der Waals surface area (Å²) in [6.45, 7) is 4.87. The molecule has 1 saturated carbocycles. The van der Waals surface area contributed by atoms with Crippen LogP contribution in [0.15, 0.2) is 0 Å². The van der Waals surface area contributed by atoms with Gasteiger partial charge in [0.05, 0.1) is 0 Å². The first-order valence-corrected chi connectivity index (χ1v) is 5.70. The smallest absolute Gasteiger partial charge is 0.0462 e. The van der Waals surface area contributed by atoms with E-state index in [2.05, 4.69) is 12.2 Å². The zero-order valence-electron chi connectivity index (χ0n) is 8.76. The summed E-state index contributed by atoms with van der Waals surface area (Å²) in [5.41, 5.74) is 0. The topological polar surface area (TPSA) is 32.3 Å². The van der Waals surface area contributed by atoms with E-state index in [1.54, 1.807) is 0 Å². The standard InChI is InChI=1S/C11H23NO/c1-2-3-7-12-8-10-5-4-6-11(10)9-13/h10-13H,2-9H2,1H3. The van der Waals surface area contributed by atoms with Crippen LogP contribution < -0.4 is 5.32 Å². The van der Waals surface area contributed by atoms with Gasteiger partial charge in [0, 0.05) is 6.61 Å². The average Bonchev–Trinajstić information content (AvgIpc) is 2.60. The Morgan fingerprint density at radius 2 is 2.08 bits per heavy atom. The Bertz CT molecular complexity index is 127. The molecule has 78 valence electrons. The number of unbranched alkanes of at least 4 members (excludes halogenated alkanes) is 1. The molecule has 1 rings (SSSR count). The number of aliphatic hydroxyl groups excluding tert-OH is 1. The summed E-state index contributed by atoms with van der Waals surface area (Å²) >= 11 is 0. The molecule has 0 amide bonds. The van der Waals surface area contributed by atoms with E-state index >= 15 is 0 Å². The molecule has 0 spiro atoms. The highest BCUT2D eigenvalue weighted by molar-refractivity contribution is 4.78. The number of hydrogen-bond acceptors (Lipinski definition) is 2. The summed E-state index contributed by atoms with van der Waals surface area (Å²) in [6.07, 6.45) is 6.39. The lowest BCUT2D eigenvalue weighted by Gasteiger charge is -2.17. The van der Waals surface area contributed by atoms with Crippen LogP contribution in [0.2, 0.25) is 0 Å². The van der Waals surface area contributed by atoms with Gasteiger partial charge in [-0.1, -0.05) is 19.8 Å². The van der Waals surface area contributed by atoms with Crippen LogP contribution in [0.1, 0.15) is 39.0 Å². The van der Waals surface area contributed by atoms with Crippen molar-refractivity contribution < 1.29 is 5.11 Å².